The Bertz CT molecular complexity index is 1540. The number of aromatic amines is 2. The first-order chi connectivity index (χ1) is 15.8. The number of aryl methyl sites for hydroxylation is 3. The van der Waals surface area contributed by atoms with E-state index in [9.17, 15) is 13.2 Å². The van der Waals surface area contributed by atoms with E-state index >= 15 is 0 Å². The lowest BCUT2D eigenvalue weighted by atomic mass is 9.85. The van der Waals surface area contributed by atoms with E-state index in [4.69, 9.17) is 4.98 Å². The molecule has 0 unspecified atom stereocenters. The highest BCUT2D eigenvalue weighted by Gasteiger charge is 2.35. The lowest BCUT2D eigenvalue weighted by Crippen LogP contribution is -2.08. The predicted octanol–water partition coefficient (Wildman–Crippen LogP) is 5.11. The number of hydrogen-bond acceptors (Lipinski definition) is 4. The van der Waals surface area contributed by atoms with E-state index in [-0.39, 0.29) is 0 Å². The van der Waals surface area contributed by atoms with Crippen LogP contribution in [0.5, 0.6) is 0 Å². The fourth-order valence-electron chi connectivity index (χ4n) is 4.96. The molecule has 7 nitrogen and oxygen atoms in total. The molecule has 0 amide bonds. The van der Waals surface area contributed by atoms with Crippen molar-refractivity contribution in [3.8, 4) is 22.6 Å². The van der Waals surface area contributed by atoms with Crippen molar-refractivity contribution >= 4 is 21.8 Å². The van der Waals surface area contributed by atoms with Crippen LogP contribution in [0.15, 0.2) is 24.4 Å². The van der Waals surface area contributed by atoms with Gasteiger partial charge in [-0.1, -0.05) is 0 Å². The zero-order valence-corrected chi connectivity index (χ0v) is 18.0. The van der Waals surface area contributed by atoms with Crippen LogP contribution < -0.4 is 0 Å². The molecule has 0 radical (unpaired) electrons. The molecule has 4 aromatic heterocycles. The normalized spacial score (nSPS) is 14.3. The molecule has 0 atom stereocenters. The summed E-state index contributed by atoms with van der Waals surface area (Å²) in [5, 5.41) is 20.0. The van der Waals surface area contributed by atoms with Crippen LogP contribution in [0.1, 0.15) is 35.4 Å². The van der Waals surface area contributed by atoms with Crippen LogP contribution in [0, 0.1) is 6.92 Å². The molecule has 6 rings (SSSR count). The van der Waals surface area contributed by atoms with Crippen molar-refractivity contribution < 1.29 is 13.2 Å². The van der Waals surface area contributed by atoms with Gasteiger partial charge in [-0.05, 0) is 61.9 Å². The van der Waals surface area contributed by atoms with Crippen molar-refractivity contribution in [1.29, 1.82) is 0 Å². The van der Waals surface area contributed by atoms with Crippen molar-refractivity contribution in [2.24, 2.45) is 7.05 Å². The van der Waals surface area contributed by atoms with Crippen LogP contribution in [-0.4, -0.2) is 35.2 Å². The Balaban J connectivity index is 1.68. The van der Waals surface area contributed by atoms with Gasteiger partial charge in [0.25, 0.3) is 0 Å². The molecule has 168 valence electrons. The number of halogens is 3. The SMILES string of the molecule is Cc1[nH]ncc1-c1nc2ccc3[nH]nc(-c4cc(C(F)(F)F)nn4C)c3c2c2c1CCCC2. The summed E-state index contributed by atoms with van der Waals surface area (Å²) in [5.41, 5.74) is 6.59. The number of alkyl halides is 3. The molecule has 0 bridgehead atoms. The summed E-state index contributed by atoms with van der Waals surface area (Å²) >= 11 is 0. The first-order valence-electron chi connectivity index (χ1n) is 10.8. The molecule has 2 N–H and O–H groups in total. The summed E-state index contributed by atoms with van der Waals surface area (Å²) in [5.74, 6) is 0. The maximum atomic E-state index is 13.3. The number of benzene rings is 1. The van der Waals surface area contributed by atoms with E-state index in [2.05, 4.69) is 25.5 Å². The largest absolute Gasteiger partial charge is 0.435 e. The predicted molar refractivity (Wildman–Crippen MR) is 118 cm³/mol. The maximum Gasteiger partial charge on any atom is 0.435 e. The van der Waals surface area contributed by atoms with Crippen LogP contribution in [-0.2, 0) is 26.1 Å². The minimum absolute atomic E-state index is 0.306. The topological polar surface area (TPSA) is 88.1 Å². The highest BCUT2D eigenvalue weighted by molar-refractivity contribution is 6.13. The van der Waals surface area contributed by atoms with Gasteiger partial charge in [-0.2, -0.15) is 28.5 Å². The van der Waals surface area contributed by atoms with Crippen LogP contribution >= 0.6 is 0 Å². The van der Waals surface area contributed by atoms with Crippen molar-refractivity contribution in [1.82, 2.24) is 35.2 Å². The monoisotopic (exact) mass is 451 g/mol. The van der Waals surface area contributed by atoms with Gasteiger partial charge in [0.1, 0.15) is 5.69 Å². The minimum Gasteiger partial charge on any atom is -0.282 e. The van der Waals surface area contributed by atoms with Gasteiger partial charge < -0.3 is 0 Å². The van der Waals surface area contributed by atoms with E-state index in [1.807, 2.05) is 19.1 Å². The molecule has 1 aliphatic rings. The zero-order chi connectivity index (χ0) is 22.9. The van der Waals surface area contributed by atoms with Gasteiger partial charge >= 0.3 is 6.18 Å². The lowest BCUT2D eigenvalue weighted by molar-refractivity contribution is -0.141. The van der Waals surface area contributed by atoms with E-state index in [0.717, 1.165) is 70.5 Å². The second-order valence-electron chi connectivity index (χ2n) is 8.52. The third-order valence-electron chi connectivity index (χ3n) is 6.49. The fraction of sp³-hybridized carbons (Fsp3) is 0.304. The third kappa shape index (κ3) is 2.96. The quantitative estimate of drug-likeness (QED) is 0.391. The second kappa shape index (κ2) is 6.90. The highest BCUT2D eigenvalue weighted by atomic mass is 19.4. The maximum absolute atomic E-state index is 13.3. The van der Waals surface area contributed by atoms with Crippen LogP contribution in [0.4, 0.5) is 13.2 Å². The smallest absolute Gasteiger partial charge is 0.282 e. The number of nitrogens with one attached hydrogen (secondary N) is 2. The van der Waals surface area contributed by atoms with E-state index in [1.165, 1.54) is 22.9 Å². The zero-order valence-electron chi connectivity index (χ0n) is 18.0. The van der Waals surface area contributed by atoms with Crippen molar-refractivity contribution in [3.63, 3.8) is 0 Å². The number of pyridine rings is 1. The summed E-state index contributed by atoms with van der Waals surface area (Å²) in [6.45, 7) is 1.97. The second-order valence-corrected chi connectivity index (χ2v) is 8.52. The Morgan fingerprint density at radius 1 is 1.00 bits per heavy atom. The van der Waals surface area contributed by atoms with Crippen LogP contribution in [0.3, 0.4) is 0 Å². The summed E-state index contributed by atoms with van der Waals surface area (Å²) in [4.78, 5) is 5.02. The van der Waals surface area contributed by atoms with Crippen molar-refractivity contribution in [2.75, 3.05) is 0 Å². The Kier molecular flexibility index (Phi) is 4.17. The molecule has 33 heavy (non-hydrogen) atoms. The number of rotatable bonds is 2. The summed E-state index contributed by atoms with van der Waals surface area (Å²) in [6.07, 6.45) is 1.15. The van der Waals surface area contributed by atoms with Crippen molar-refractivity contribution in [2.45, 2.75) is 38.8 Å². The van der Waals surface area contributed by atoms with E-state index < -0.39 is 11.9 Å². The van der Waals surface area contributed by atoms with Gasteiger partial charge in [0, 0.05) is 29.1 Å². The molecular weight excluding hydrogens is 431 g/mol. The molecule has 0 fully saturated rings. The van der Waals surface area contributed by atoms with E-state index in [1.54, 1.807) is 6.20 Å². The standard InChI is InChI=1S/C23H20F3N7/c1-11-14(10-27-29-11)21-13-6-4-3-5-12(13)19-15(28-21)7-8-16-20(19)22(31-30-16)17-9-18(23(24,25)26)32-33(17)2/h7-10H,3-6H2,1-2H3,(H,27,29)(H,30,31). The molecule has 1 aliphatic carbocycles. The molecule has 4 heterocycles. The molecular formula is C23H20F3N7. The van der Waals surface area contributed by atoms with Gasteiger partial charge in [-0.25, -0.2) is 4.98 Å². The Morgan fingerprint density at radius 2 is 1.79 bits per heavy atom. The first-order valence-corrected chi connectivity index (χ1v) is 10.8. The van der Waals surface area contributed by atoms with Gasteiger partial charge in [0.15, 0.2) is 5.69 Å². The number of fused-ring (bicyclic) bond motifs is 5. The van der Waals surface area contributed by atoms with Crippen LogP contribution in [0.2, 0.25) is 0 Å². The molecule has 10 heteroatoms. The number of aromatic nitrogens is 7. The summed E-state index contributed by atoms with van der Waals surface area (Å²) < 4.78 is 41.2. The average Bonchev–Trinajstić information content (AvgIpc) is 3.50. The van der Waals surface area contributed by atoms with Gasteiger partial charge in [0.05, 0.1) is 28.6 Å². The Hall–Kier alpha value is -3.69. The van der Waals surface area contributed by atoms with Gasteiger partial charge in [-0.15, -0.1) is 0 Å². The fourth-order valence-corrected chi connectivity index (χ4v) is 4.96. The molecule has 0 saturated heterocycles. The minimum atomic E-state index is -4.53. The molecule has 5 aromatic rings. The number of hydrogen-bond donors (Lipinski definition) is 2. The Morgan fingerprint density at radius 3 is 2.48 bits per heavy atom. The molecule has 0 saturated carbocycles. The number of nitrogens with zero attached hydrogens (tertiary/aromatic N) is 5. The lowest BCUT2D eigenvalue weighted by Gasteiger charge is -2.21. The molecule has 1 aromatic carbocycles. The molecule has 0 aliphatic heterocycles. The van der Waals surface area contributed by atoms with Crippen LogP contribution in [0.25, 0.3) is 44.5 Å². The summed E-state index contributed by atoms with van der Waals surface area (Å²) in [6, 6.07) is 4.87. The summed E-state index contributed by atoms with van der Waals surface area (Å²) in [7, 11) is 1.50. The van der Waals surface area contributed by atoms with Crippen molar-refractivity contribution in [3.05, 3.63) is 46.9 Å². The van der Waals surface area contributed by atoms with E-state index in [0.29, 0.717) is 11.4 Å². The number of H-pyrrole nitrogens is 2. The Labute approximate surface area is 186 Å². The first kappa shape index (κ1) is 20.0. The molecule has 0 spiro atoms. The average molecular weight is 451 g/mol. The highest BCUT2D eigenvalue weighted by Crippen LogP contribution is 2.41. The van der Waals surface area contributed by atoms with Gasteiger partial charge in [-0.3, -0.25) is 14.9 Å². The third-order valence-corrected chi connectivity index (χ3v) is 6.49. The van der Waals surface area contributed by atoms with Gasteiger partial charge in [0.2, 0.25) is 0 Å².